The Labute approximate surface area is 418 Å². The van der Waals surface area contributed by atoms with E-state index in [9.17, 15) is 72.9 Å². The Bertz CT molecular complexity index is 1900. The summed E-state index contributed by atoms with van der Waals surface area (Å²) in [6.45, 7) is 14.4. The van der Waals surface area contributed by atoms with Gasteiger partial charge in [-0.3, -0.25) is 52.7 Å². The van der Waals surface area contributed by atoms with Crippen LogP contribution in [0.5, 0.6) is 0 Å². The lowest BCUT2D eigenvalue weighted by molar-refractivity contribution is -0.144. The second-order valence-electron chi connectivity index (χ2n) is 19.1. The van der Waals surface area contributed by atoms with E-state index in [0.717, 1.165) is 6.92 Å². The monoisotopic (exact) mass is 1030 g/mol. The molecule has 0 rings (SSSR count). The van der Waals surface area contributed by atoms with Gasteiger partial charge in [0.2, 0.25) is 53.2 Å². The van der Waals surface area contributed by atoms with Gasteiger partial charge < -0.3 is 80.2 Å². The molecule has 18 N–H and O–H groups in total. The number of nitrogens with two attached hydrogens (primary N) is 3. The van der Waals surface area contributed by atoms with E-state index in [2.05, 4.69) is 42.5 Å². The Kier molecular flexibility index (Phi) is 29.6. The normalized spacial score (nSPS) is 15.5. The molecule has 0 aromatic carbocycles. The third kappa shape index (κ3) is 24.6. The molecule has 0 aromatic rings. The Morgan fingerprint density at radius 2 is 0.819 bits per heavy atom. The summed E-state index contributed by atoms with van der Waals surface area (Å²) >= 11 is 0. The van der Waals surface area contributed by atoms with Crippen molar-refractivity contribution in [1.29, 1.82) is 0 Å². The first kappa shape index (κ1) is 65.5. The second kappa shape index (κ2) is 32.5. The zero-order chi connectivity index (χ0) is 55.7. The fourth-order valence-electron chi connectivity index (χ4n) is 6.80. The van der Waals surface area contributed by atoms with E-state index in [1.165, 1.54) is 13.8 Å². The lowest BCUT2D eigenvalue weighted by Gasteiger charge is -2.30. The maximum atomic E-state index is 13.9. The minimum Gasteiger partial charge on any atom is -0.481 e. The third-order valence-corrected chi connectivity index (χ3v) is 11.1. The lowest BCUT2D eigenvalue weighted by atomic mass is 9.98. The molecule has 27 heteroatoms. The zero-order valence-electron chi connectivity index (χ0n) is 42.6. The highest BCUT2D eigenvalue weighted by atomic mass is 16.4. The number of primary amides is 1. The highest BCUT2D eigenvalue weighted by molar-refractivity contribution is 5.99. The summed E-state index contributed by atoms with van der Waals surface area (Å²) in [6.07, 6.45) is -3.83. The molecule has 27 nitrogen and oxygen atoms in total. The number of aliphatic hydroxyl groups excluding tert-OH is 1. The van der Waals surface area contributed by atoms with Crippen LogP contribution in [-0.4, -0.2) is 159 Å². The number of hydrogen-bond acceptors (Lipinski definition) is 15. The number of amides is 9. The highest BCUT2D eigenvalue weighted by Gasteiger charge is 2.38. The molecular weight excluding hydrogens is 951 g/mol. The van der Waals surface area contributed by atoms with Crippen LogP contribution in [0.2, 0.25) is 0 Å². The maximum Gasteiger partial charge on any atom is 0.326 e. The smallest absolute Gasteiger partial charge is 0.326 e. The molecule has 9 amide bonds. The molecule has 10 atom stereocenters. The number of carbonyl (C=O) groups is 12. The number of unbranched alkanes of at least 4 members (excludes halogenated alkanes) is 1. The van der Waals surface area contributed by atoms with Crippen LogP contribution in [0.4, 0.5) is 0 Å². The summed E-state index contributed by atoms with van der Waals surface area (Å²) in [7, 11) is 0. The number of carboxylic acid groups (broad SMARTS) is 3. The minimum absolute atomic E-state index is 0.0741. The molecular formula is C45H79N11O16. The zero-order valence-corrected chi connectivity index (χ0v) is 42.6. The van der Waals surface area contributed by atoms with Gasteiger partial charge in [-0.25, -0.2) is 4.79 Å². The van der Waals surface area contributed by atoms with Crippen molar-refractivity contribution < 1.29 is 78.0 Å². The molecule has 0 aromatic heterocycles. The van der Waals surface area contributed by atoms with Gasteiger partial charge in [0.05, 0.1) is 18.6 Å². The van der Waals surface area contributed by atoms with Gasteiger partial charge in [0.15, 0.2) is 0 Å². The molecule has 0 unspecified atom stereocenters. The molecule has 0 aliphatic carbocycles. The second-order valence-corrected chi connectivity index (χ2v) is 19.1. The van der Waals surface area contributed by atoms with Crippen LogP contribution in [0.3, 0.4) is 0 Å². The van der Waals surface area contributed by atoms with Gasteiger partial charge in [0.1, 0.15) is 48.3 Å². The predicted molar refractivity (Wildman–Crippen MR) is 257 cm³/mol. The summed E-state index contributed by atoms with van der Waals surface area (Å²) < 4.78 is 0. The van der Waals surface area contributed by atoms with Crippen LogP contribution >= 0.6 is 0 Å². The summed E-state index contributed by atoms with van der Waals surface area (Å²) in [6, 6.07) is -13.4. The van der Waals surface area contributed by atoms with Gasteiger partial charge in [-0.15, -0.1) is 0 Å². The number of aliphatic carboxylic acids is 3. The van der Waals surface area contributed by atoms with E-state index >= 15 is 0 Å². The van der Waals surface area contributed by atoms with E-state index in [1.807, 2.05) is 0 Å². The molecule has 410 valence electrons. The van der Waals surface area contributed by atoms with Gasteiger partial charge in [0.25, 0.3) is 0 Å². The Morgan fingerprint density at radius 1 is 0.444 bits per heavy atom. The van der Waals surface area contributed by atoms with Crippen LogP contribution in [0.25, 0.3) is 0 Å². The van der Waals surface area contributed by atoms with Crippen LogP contribution in [0.15, 0.2) is 0 Å². The van der Waals surface area contributed by atoms with Crippen LogP contribution in [-0.2, 0) is 57.5 Å². The first-order chi connectivity index (χ1) is 33.3. The van der Waals surface area contributed by atoms with Crippen LogP contribution in [0.1, 0.15) is 120 Å². The topological polar surface area (TPSA) is 460 Å². The largest absolute Gasteiger partial charge is 0.481 e. The average molecular weight is 1030 g/mol. The number of nitrogens with one attached hydrogen (secondary N) is 8. The van der Waals surface area contributed by atoms with Crippen molar-refractivity contribution in [3.63, 3.8) is 0 Å². The maximum absolute atomic E-state index is 13.9. The van der Waals surface area contributed by atoms with E-state index in [1.54, 1.807) is 41.5 Å². The van der Waals surface area contributed by atoms with Gasteiger partial charge in [-0.05, 0) is 75.7 Å². The highest BCUT2D eigenvalue weighted by Crippen LogP contribution is 2.13. The number of aliphatic hydroxyl groups is 1. The molecule has 0 fully saturated rings. The summed E-state index contributed by atoms with van der Waals surface area (Å²) in [5.74, 6) is -15.2. The number of rotatable bonds is 35. The van der Waals surface area contributed by atoms with Crippen molar-refractivity contribution in [1.82, 2.24) is 42.5 Å². The average Bonchev–Trinajstić information content (AvgIpc) is 3.26. The van der Waals surface area contributed by atoms with Crippen molar-refractivity contribution in [2.75, 3.05) is 6.54 Å². The SMILES string of the molecule is CC(C)C[C@H](NC(=O)[C@H](CCCCN)NC(=O)[C@@H](N)C(C)C)C(=O)N[C@H](C(=O)N[C@@H](CC(N)=O)C(=O)N[C@@H](CCC(=O)O)C(=O)N[C@H](C(=O)N[C@H](C(=O)N[C@@H](CCC(=O)O)C(=O)O)[C@@H](C)O)C(C)C)C(C)C. The minimum atomic E-state index is -1.84. The lowest BCUT2D eigenvalue weighted by Crippen LogP contribution is -2.62. The van der Waals surface area contributed by atoms with Crippen molar-refractivity contribution in [2.45, 2.75) is 181 Å². The third-order valence-electron chi connectivity index (χ3n) is 11.1. The Balaban J connectivity index is 6.59. The standard InChI is InChI=1S/C45H79N11O16/c1-20(2)18-28(52-37(63)25(12-10-11-17-46)50-41(67)33(48)21(3)4)40(66)55-34(22(5)6)42(68)53-29(19-30(47)58)39(65)49-26(13-15-31(59)60)38(64)54-35(23(7)8)43(69)56-36(24(9)57)44(70)51-27(45(71)72)14-16-32(61)62/h20-29,33-36,57H,10-19,46,48H2,1-9H3,(H2,47,58)(H,49,65)(H,50,67)(H,51,70)(H,52,63)(H,53,68)(H,54,64)(H,55,66)(H,56,69)(H,59,60)(H,61,62)(H,71,72)/t24-,25+,26+,27+,28+,29+,33+,34+,35+,36+/m1/s1. The first-order valence-electron chi connectivity index (χ1n) is 23.9. The van der Waals surface area contributed by atoms with E-state index in [4.69, 9.17) is 22.3 Å². The predicted octanol–water partition coefficient (Wildman–Crippen LogP) is -3.59. The molecule has 0 radical (unpaired) electrons. The quantitative estimate of drug-likeness (QED) is 0.0273. The molecule has 0 spiro atoms. The van der Waals surface area contributed by atoms with E-state index < -0.39 is 175 Å². The van der Waals surface area contributed by atoms with Crippen LogP contribution in [0, 0.1) is 23.7 Å². The molecule has 0 saturated heterocycles. The molecule has 0 heterocycles. The fourth-order valence-corrected chi connectivity index (χ4v) is 6.80. The van der Waals surface area contributed by atoms with Crippen molar-refractivity contribution >= 4 is 71.1 Å². The Morgan fingerprint density at radius 3 is 1.25 bits per heavy atom. The number of hydrogen-bond donors (Lipinski definition) is 15. The Hall–Kier alpha value is -6.48. The summed E-state index contributed by atoms with van der Waals surface area (Å²) in [5, 5.41) is 57.4. The molecule has 0 bridgehead atoms. The van der Waals surface area contributed by atoms with Gasteiger partial charge in [-0.2, -0.15) is 0 Å². The fraction of sp³-hybridized carbons (Fsp3) is 0.733. The van der Waals surface area contributed by atoms with Gasteiger partial charge in [0, 0.05) is 12.8 Å². The number of carbonyl (C=O) groups excluding carboxylic acids is 9. The van der Waals surface area contributed by atoms with Crippen molar-refractivity contribution in [3.8, 4) is 0 Å². The molecule has 72 heavy (non-hydrogen) atoms. The molecule has 0 aliphatic heterocycles. The molecule has 0 aliphatic rings. The molecule has 0 saturated carbocycles. The first-order valence-corrected chi connectivity index (χ1v) is 23.9. The van der Waals surface area contributed by atoms with Crippen molar-refractivity contribution in [3.05, 3.63) is 0 Å². The van der Waals surface area contributed by atoms with Crippen LogP contribution < -0.4 is 59.7 Å². The van der Waals surface area contributed by atoms with E-state index in [-0.39, 0.29) is 24.7 Å². The number of carboxylic acids is 3. The van der Waals surface area contributed by atoms with Gasteiger partial charge in [-0.1, -0.05) is 55.4 Å². The van der Waals surface area contributed by atoms with Gasteiger partial charge >= 0.3 is 17.9 Å². The summed E-state index contributed by atoms with van der Waals surface area (Å²) in [5.41, 5.74) is 17.1. The van der Waals surface area contributed by atoms with Crippen molar-refractivity contribution in [2.24, 2.45) is 40.9 Å². The summed E-state index contributed by atoms with van der Waals surface area (Å²) in [4.78, 5) is 155. The van der Waals surface area contributed by atoms with E-state index in [0.29, 0.717) is 19.4 Å².